The van der Waals surface area contributed by atoms with E-state index in [9.17, 15) is 9.59 Å². The second-order valence-electron chi connectivity index (χ2n) is 6.35. The first kappa shape index (κ1) is 18.1. The highest BCUT2D eigenvalue weighted by atomic mass is 16.5. The molecule has 2 aromatic rings. The third kappa shape index (κ3) is 4.47. The molecular formula is C18H22N4O4. The van der Waals surface area contributed by atoms with Crippen LogP contribution in [0.25, 0.3) is 10.9 Å². The third-order valence-electron chi connectivity index (χ3n) is 3.92. The summed E-state index contributed by atoms with van der Waals surface area (Å²) in [5, 5.41) is 3.17. The normalized spacial score (nSPS) is 17.3. The number of carbonyl (C=O) groups excluding carboxylic acids is 1. The van der Waals surface area contributed by atoms with Gasteiger partial charge in [-0.15, -0.1) is 0 Å². The van der Waals surface area contributed by atoms with Crippen LogP contribution in [0.2, 0.25) is 0 Å². The van der Waals surface area contributed by atoms with Crippen molar-refractivity contribution < 1.29 is 14.3 Å². The lowest BCUT2D eigenvalue weighted by atomic mass is 10.2. The number of ether oxygens (including phenoxy) is 2. The third-order valence-corrected chi connectivity index (χ3v) is 3.92. The minimum Gasteiger partial charge on any atom is -0.486 e. The number of carbonyl (C=O) groups is 1. The number of nitrogens with zero attached hydrogens (tertiary/aromatic N) is 2. The molecule has 0 aliphatic carbocycles. The Morgan fingerprint density at radius 3 is 3.08 bits per heavy atom. The second-order valence-corrected chi connectivity index (χ2v) is 6.35. The van der Waals surface area contributed by atoms with Gasteiger partial charge in [-0.1, -0.05) is 6.08 Å². The number of aromatic nitrogens is 2. The Hall–Kier alpha value is -2.71. The van der Waals surface area contributed by atoms with Crippen molar-refractivity contribution in [2.45, 2.75) is 12.5 Å². The molecule has 8 heteroatoms. The van der Waals surface area contributed by atoms with Gasteiger partial charge in [0.1, 0.15) is 11.9 Å². The van der Waals surface area contributed by atoms with Crippen LogP contribution in [-0.4, -0.2) is 60.7 Å². The average Bonchev–Trinajstić information content (AvgIpc) is 3.09. The zero-order chi connectivity index (χ0) is 18.5. The second kappa shape index (κ2) is 8.11. The highest BCUT2D eigenvalue weighted by Gasteiger charge is 2.20. The van der Waals surface area contributed by atoms with Gasteiger partial charge in [0.2, 0.25) is 5.91 Å². The molecule has 26 heavy (non-hydrogen) atoms. The van der Waals surface area contributed by atoms with Gasteiger partial charge in [0, 0.05) is 25.1 Å². The number of amides is 1. The Morgan fingerprint density at radius 1 is 1.50 bits per heavy atom. The number of rotatable bonds is 6. The fourth-order valence-corrected chi connectivity index (χ4v) is 2.62. The van der Waals surface area contributed by atoms with Crippen molar-refractivity contribution in [3.63, 3.8) is 0 Å². The average molecular weight is 358 g/mol. The van der Waals surface area contributed by atoms with E-state index in [2.05, 4.69) is 15.3 Å². The number of hydrogen-bond donors (Lipinski definition) is 2. The van der Waals surface area contributed by atoms with Gasteiger partial charge in [-0.2, -0.15) is 0 Å². The summed E-state index contributed by atoms with van der Waals surface area (Å²) in [6.07, 6.45) is 5.25. The van der Waals surface area contributed by atoms with Gasteiger partial charge in [-0.25, -0.2) is 4.98 Å². The molecule has 1 aliphatic heterocycles. The van der Waals surface area contributed by atoms with E-state index < -0.39 is 0 Å². The van der Waals surface area contributed by atoms with E-state index in [-0.39, 0.29) is 17.6 Å². The maximum atomic E-state index is 12.2. The Kier molecular flexibility index (Phi) is 5.65. The molecule has 1 atom stereocenters. The predicted octanol–water partition coefficient (Wildman–Crippen LogP) is 1.15. The number of nitrogens with one attached hydrogen (secondary N) is 2. The summed E-state index contributed by atoms with van der Waals surface area (Å²) in [7, 11) is 3.83. The van der Waals surface area contributed by atoms with Crippen LogP contribution >= 0.6 is 0 Å². The first-order chi connectivity index (χ1) is 12.5. The monoisotopic (exact) mass is 358 g/mol. The van der Waals surface area contributed by atoms with E-state index in [0.29, 0.717) is 42.1 Å². The molecule has 8 nitrogen and oxygen atoms in total. The first-order valence-corrected chi connectivity index (χ1v) is 8.41. The summed E-state index contributed by atoms with van der Waals surface area (Å²) in [5.74, 6) is 0.180. The van der Waals surface area contributed by atoms with Gasteiger partial charge in [0.05, 0.1) is 36.1 Å². The van der Waals surface area contributed by atoms with Crippen LogP contribution in [0.4, 0.5) is 5.69 Å². The van der Waals surface area contributed by atoms with Crippen LogP contribution in [0.15, 0.2) is 35.4 Å². The summed E-state index contributed by atoms with van der Waals surface area (Å²) in [5.41, 5.74) is 0.663. The number of anilines is 1. The van der Waals surface area contributed by atoms with Crippen molar-refractivity contribution in [3.05, 3.63) is 41.0 Å². The number of fused-ring (bicyclic) bond motifs is 1. The van der Waals surface area contributed by atoms with Crippen molar-refractivity contribution in [1.82, 2.24) is 14.9 Å². The molecule has 0 bridgehead atoms. The molecule has 1 amide bonds. The van der Waals surface area contributed by atoms with Gasteiger partial charge >= 0.3 is 0 Å². The van der Waals surface area contributed by atoms with Crippen LogP contribution in [0.3, 0.4) is 0 Å². The molecule has 1 aromatic heterocycles. The summed E-state index contributed by atoms with van der Waals surface area (Å²) in [6.45, 7) is 1.79. The minimum atomic E-state index is -0.293. The largest absolute Gasteiger partial charge is 0.486 e. The van der Waals surface area contributed by atoms with Crippen LogP contribution < -0.4 is 15.6 Å². The quantitative estimate of drug-likeness (QED) is 0.752. The maximum Gasteiger partial charge on any atom is 0.258 e. The van der Waals surface area contributed by atoms with Crippen LogP contribution in [0, 0.1) is 0 Å². The molecule has 2 N–H and O–H groups in total. The fourth-order valence-electron chi connectivity index (χ4n) is 2.62. The lowest BCUT2D eigenvalue weighted by Crippen LogP contribution is -2.18. The molecule has 0 radical (unpaired) electrons. The van der Waals surface area contributed by atoms with E-state index in [1.807, 2.05) is 19.0 Å². The molecule has 0 unspecified atom stereocenters. The lowest BCUT2D eigenvalue weighted by molar-refractivity contribution is -0.111. The Morgan fingerprint density at radius 2 is 2.35 bits per heavy atom. The molecule has 2 heterocycles. The number of aromatic amines is 1. The zero-order valence-electron chi connectivity index (χ0n) is 14.8. The molecule has 138 valence electrons. The zero-order valence-corrected chi connectivity index (χ0v) is 14.8. The summed E-state index contributed by atoms with van der Waals surface area (Å²) in [4.78, 5) is 32.9. The number of hydrogen-bond acceptors (Lipinski definition) is 6. The Bertz CT molecular complexity index is 869. The van der Waals surface area contributed by atoms with Crippen molar-refractivity contribution in [1.29, 1.82) is 0 Å². The maximum absolute atomic E-state index is 12.2. The lowest BCUT2D eigenvalue weighted by Gasteiger charge is -2.16. The number of benzene rings is 1. The predicted molar refractivity (Wildman–Crippen MR) is 98.5 cm³/mol. The fraction of sp³-hybridized carbons (Fsp3) is 0.389. The summed E-state index contributed by atoms with van der Waals surface area (Å²) >= 11 is 0. The van der Waals surface area contributed by atoms with E-state index in [4.69, 9.17) is 9.47 Å². The van der Waals surface area contributed by atoms with Gasteiger partial charge < -0.3 is 24.7 Å². The van der Waals surface area contributed by atoms with Crippen LogP contribution in [0.5, 0.6) is 5.75 Å². The minimum absolute atomic E-state index is 0.0885. The van der Waals surface area contributed by atoms with Gasteiger partial charge in [0.25, 0.3) is 5.56 Å². The molecule has 1 saturated heterocycles. The molecule has 1 aromatic carbocycles. The Balaban J connectivity index is 1.89. The summed E-state index contributed by atoms with van der Waals surface area (Å²) < 4.78 is 11.3. The molecule has 1 fully saturated rings. The van der Waals surface area contributed by atoms with Gasteiger partial charge in [-0.05, 0) is 20.2 Å². The molecule has 3 rings (SSSR count). The molecule has 1 aliphatic rings. The SMILES string of the molecule is CN(C)C/C=C/C(=O)Nc1cc2c(=O)[nH]cnc2cc1O[C@@H]1CCOC1. The highest BCUT2D eigenvalue weighted by Crippen LogP contribution is 2.30. The number of likely N-dealkylation sites (N-methyl/N-ethyl adjacent to an activating group) is 1. The van der Waals surface area contributed by atoms with E-state index in [1.165, 1.54) is 12.4 Å². The van der Waals surface area contributed by atoms with Crippen molar-refractivity contribution >= 4 is 22.5 Å². The topological polar surface area (TPSA) is 96.6 Å². The van der Waals surface area contributed by atoms with E-state index in [1.54, 1.807) is 18.2 Å². The van der Waals surface area contributed by atoms with Crippen molar-refractivity contribution in [2.24, 2.45) is 0 Å². The highest BCUT2D eigenvalue weighted by molar-refractivity contribution is 6.02. The van der Waals surface area contributed by atoms with Crippen molar-refractivity contribution in [3.8, 4) is 5.75 Å². The summed E-state index contributed by atoms with van der Waals surface area (Å²) in [6, 6.07) is 3.26. The van der Waals surface area contributed by atoms with E-state index in [0.717, 1.165) is 6.42 Å². The molecule has 0 spiro atoms. The smallest absolute Gasteiger partial charge is 0.258 e. The number of H-pyrrole nitrogens is 1. The van der Waals surface area contributed by atoms with Crippen LogP contribution in [-0.2, 0) is 9.53 Å². The molecular weight excluding hydrogens is 336 g/mol. The Labute approximate surface area is 150 Å². The van der Waals surface area contributed by atoms with Crippen LogP contribution in [0.1, 0.15) is 6.42 Å². The van der Waals surface area contributed by atoms with Gasteiger partial charge in [-0.3, -0.25) is 9.59 Å². The van der Waals surface area contributed by atoms with Crippen molar-refractivity contribution in [2.75, 3.05) is 39.2 Å². The first-order valence-electron chi connectivity index (χ1n) is 8.41. The standard InChI is InChI=1S/C18H22N4O4/c1-22(2)6-3-4-17(23)21-15-8-13-14(19-11-20-18(13)24)9-16(15)26-12-5-7-25-10-12/h3-4,8-9,11-12H,5-7,10H2,1-2H3,(H,21,23)(H,19,20,24)/b4-3+/t12-/m1/s1. The van der Waals surface area contributed by atoms with Gasteiger partial charge in [0.15, 0.2) is 0 Å². The van der Waals surface area contributed by atoms with E-state index >= 15 is 0 Å². The molecule has 0 saturated carbocycles.